The van der Waals surface area contributed by atoms with Crippen molar-refractivity contribution in [3.8, 4) is 0 Å². The van der Waals surface area contributed by atoms with Crippen LogP contribution in [0.5, 0.6) is 0 Å². The molecule has 2 rings (SSSR count). The van der Waals surface area contributed by atoms with Crippen molar-refractivity contribution in [2.24, 2.45) is 5.92 Å². The molecule has 1 saturated heterocycles. The molecule has 0 aliphatic carbocycles. The zero-order valence-electron chi connectivity index (χ0n) is 13.0. The lowest BCUT2D eigenvalue weighted by molar-refractivity contribution is 0.0388. The fourth-order valence-corrected chi connectivity index (χ4v) is 2.52. The van der Waals surface area contributed by atoms with Gasteiger partial charge in [0.15, 0.2) is 0 Å². The minimum Gasteiger partial charge on any atom is -0.381 e. The van der Waals surface area contributed by atoms with E-state index in [0.717, 1.165) is 51.4 Å². The normalized spacial score (nSPS) is 18.3. The van der Waals surface area contributed by atoms with Crippen molar-refractivity contribution >= 4 is 11.7 Å². The van der Waals surface area contributed by atoms with E-state index in [0.29, 0.717) is 11.5 Å². The van der Waals surface area contributed by atoms with Gasteiger partial charge >= 0.3 is 0 Å². The van der Waals surface area contributed by atoms with E-state index in [9.17, 15) is 4.79 Å². The van der Waals surface area contributed by atoms with Gasteiger partial charge in [-0.05, 0) is 37.3 Å². The Kier molecular flexibility index (Phi) is 5.99. The second-order valence-corrected chi connectivity index (χ2v) is 5.63. The first kappa shape index (κ1) is 15.8. The van der Waals surface area contributed by atoms with Gasteiger partial charge in [-0.25, -0.2) is 4.98 Å². The highest BCUT2D eigenvalue weighted by Gasteiger charge is 2.19. The van der Waals surface area contributed by atoms with E-state index in [1.54, 1.807) is 11.1 Å². The molecule has 5 nitrogen and oxygen atoms in total. The van der Waals surface area contributed by atoms with Crippen LogP contribution in [0.4, 0.5) is 5.82 Å². The predicted molar refractivity (Wildman–Crippen MR) is 83.5 cm³/mol. The number of carbonyl (C=O) groups excluding carboxylic acids is 1. The summed E-state index contributed by atoms with van der Waals surface area (Å²) in [5, 5.41) is 3.20. The minimum absolute atomic E-state index is 0.0233. The maximum atomic E-state index is 12.4. The fourth-order valence-electron chi connectivity index (χ4n) is 2.52. The van der Waals surface area contributed by atoms with E-state index >= 15 is 0 Å². The van der Waals surface area contributed by atoms with Crippen molar-refractivity contribution in [2.45, 2.75) is 26.2 Å². The first-order valence-electron chi connectivity index (χ1n) is 7.74. The van der Waals surface area contributed by atoms with Gasteiger partial charge in [-0.1, -0.05) is 6.92 Å². The summed E-state index contributed by atoms with van der Waals surface area (Å²) in [6.07, 6.45) is 4.92. The topological polar surface area (TPSA) is 54.5 Å². The Hall–Kier alpha value is -1.62. The number of pyridine rings is 1. The highest BCUT2D eigenvalue weighted by Crippen LogP contribution is 2.16. The summed E-state index contributed by atoms with van der Waals surface area (Å²) in [6, 6.07) is 3.70. The van der Waals surface area contributed by atoms with Crippen molar-refractivity contribution in [2.75, 3.05) is 38.7 Å². The average Bonchev–Trinajstić information content (AvgIpc) is 2.53. The number of nitrogens with zero attached hydrogens (tertiary/aromatic N) is 2. The van der Waals surface area contributed by atoms with Crippen LogP contribution in [-0.4, -0.2) is 49.1 Å². The first-order chi connectivity index (χ1) is 10.2. The van der Waals surface area contributed by atoms with Crippen LogP contribution < -0.4 is 5.32 Å². The molecule has 1 fully saturated rings. The Labute approximate surface area is 126 Å². The quantitative estimate of drug-likeness (QED) is 0.874. The number of ether oxygens (including phenoxy) is 1. The second-order valence-electron chi connectivity index (χ2n) is 5.63. The maximum absolute atomic E-state index is 12.4. The molecule has 0 spiro atoms. The van der Waals surface area contributed by atoms with Gasteiger partial charge < -0.3 is 15.0 Å². The van der Waals surface area contributed by atoms with Gasteiger partial charge in [0.1, 0.15) is 5.82 Å². The summed E-state index contributed by atoms with van der Waals surface area (Å²) < 4.78 is 5.46. The highest BCUT2D eigenvalue weighted by atomic mass is 16.5. The van der Waals surface area contributed by atoms with Crippen LogP contribution in [0.25, 0.3) is 0 Å². The standard InChI is InChI=1S/C16H25N3O2/c1-3-8-17-15-7-6-14(10-18-15)16(20)19(2)11-13-5-4-9-21-12-13/h6-7,10,13H,3-5,8-9,11-12H2,1-2H3,(H,17,18). The predicted octanol–water partition coefficient (Wildman–Crippen LogP) is 2.40. The van der Waals surface area contributed by atoms with Crippen LogP contribution in [0.15, 0.2) is 18.3 Å². The molecule has 1 aromatic heterocycles. The van der Waals surface area contributed by atoms with Gasteiger partial charge in [0, 0.05) is 32.9 Å². The molecular weight excluding hydrogens is 266 g/mol. The smallest absolute Gasteiger partial charge is 0.255 e. The molecule has 2 heterocycles. The summed E-state index contributed by atoms with van der Waals surface area (Å²) in [4.78, 5) is 18.4. The van der Waals surface area contributed by atoms with Gasteiger partial charge in [0.05, 0.1) is 12.2 Å². The molecule has 0 aromatic carbocycles. The van der Waals surface area contributed by atoms with Crippen molar-refractivity contribution in [3.05, 3.63) is 23.9 Å². The number of hydrogen-bond acceptors (Lipinski definition) is 4. The van der Waals surface area contributed by atoms with Crippen LogP contribution in [0.1, 0.15) is 36.5 Å². The number of aromatic nitrogens is 1. The maximum Gasteiger partial charge on any atom is 0.255 e. The largest absolute Gasteiger partial charge is 0.381 e. The lowest BCUT2D eigenvalue weighted by atomic mass is 10.0. The average molecular weight is 291 g/mol. The fraction of sp³-hybridized carbons (Fsp3) is 0.625. The van der Waals surface area contributed by atoms with Crippen LogP contribution >= 0.6 is 0 Å². The number of anilines is 1. The Balaban J connectivity index is 1.88. The summed E-state index contributed by atoms with van der Waals surface area (Å²) in [6.45, 7) is 5.35. The zero-order valence-corrected chi connectivity index (χ0v) is 13.0. The number of hydrogen-bond donors (Lipinski definition) is 1. The Bertz CT molecular complexity index is 441. The third-order valence-corrected chi connectivity index (χ3v) is 3.70. The van der Waals surface area contributed by atoms with E-state index in [4.69, 9.17) is 4.74 Å². The van der Waals surface area contributed by atoms with Crippen molar-refractivity contribution in [3.63, 3.8) is 0 Å². The number of nitrogens with one attached hydrogen (secondary N) is 1. The number of amides is 1. The third kappa shape index (κ3) is 4.70. The third-order valence-electron chi connectivity index (χ3n) is 3.70. The van der Waals surface area contributed by atoms with Crippen LogP contribution in [0.3, 0.4) is 0 Å². The molecule has 1 unspecified atom stereocenters. The molecular formula is C16H25N3O2. The summed E-state index contributed by atoms with van der Waals surface area (Å²) >= 11 is 0. The molecule has 0 radical (unpaired) electrons. The van der Waals surface area contributed by atoms with Gasteiger partial charge in [-0.2, -0.15) is 0 Å². The van der Waals surface area contributed by atoms with E-state index < -0.39 is 0 Å². The van der Waals surface area contributed by atoms with Gasteiger partial charge in [0.2, 0.25) is 0 Å². The van der Waals surface area contributed by atoms with Crippen molar-refractivity contribution in [1.82, 2.24) is 9.88 Å². The van der Waals surface area contributed by atoms with Crippen molar-refractivity contribution < 1.29 is 9.53 Å². The molecule has 1 N–H and O–H groups in total. The highest BCUT2D eigenvalue weighted by molar-refractivity contribution is 5.93. The monoisotopic (exact) mass is 291 g/mol. The Morgan fingerprint density at radius 3 is 3.00 bits per heavy atom. The summed E-state index contributed by atoms with van der Waals surface area (Å²) in [5.41, 5.74) is 0.635. The Morgan fingerprint density at radius 2 is 2.38 bits per heavy atom. The van der Waals surface area contributed by atoms with E-state index in [1.807, 2.05) is 19.2 Å². The summed E-state index contributed by atoms with van der Waals surface area (Å²) in [7, 11) is 1.85. The van der Waals surface area contributed by atoms with Crippen LogP contribution in [0, 0.1) is 5.92 Å². The second kappa shape index (κ2) is 7.98. The number of carbonyl (C=O) groups is 1. The SMILES string of the molecule is CCCNc1ccc(C(=O)N(C)CC2CCCOC2)cn1. The van der Waals surface area contributed by atoms with E-state index in [1.165, 1.54) is 0 Å². The zero-order chi connectivity index (χ0) is 15.1. The summed E-state index contributed by atoms with van der Waals surface area (Å²) in [5.74, 6) is 1.29. The van der Waals surface area contributed by atoms with Crippen LogP contribution in [0.2, 0.25) is 0 Å². The van der Waals surface area contributed by atoms with Crippen molar-refractivity contribution in [1.29, 1.82) is 0 Å². The molecule has 0 bridgehead atoms. The molecule has 1 atom stereocenters. The number of rotatable bonds is 6. The molecule has 0 saturated carbocycles. The van der Waals surface area contributed by atoms with Gasteiger partial charge in [0.25, 0.3) is 5.91 Å². The molecule has 1 aliphatic rings. The molecule has 116 valence electrons. The van der Waals surface area contributed by atoms with E-state index in [2.05, 4.69) is 17.2 Å². The molecule has 5 heteroatoms. The molecule has 1 aliphatic heterocycles. The van der Waals surface area contributed by atoms with Crippen LogP contribution in [-0.2, 0) is 4.74 Å². The van der Waals surface area contributed by atoms with Gasteiger partial charge in [-0.3, -0.25) is 4.79 Å². The minimum atomic E-state index is 0.0233. The lowest BCUT2D eigenvalue weighted by Crippen LogP contribution is -2.35. The molecule has 1 amide bonds. The van der Waals surface area contributed by atoms with E-state index in [-0.39, 0.29) is 5.91 Å². The molecule has 1 aromatic rings. The van der Waals surface area contributed by atoms with Gasteiger partial charge in [-0.15, -0.1) is 0 Å². The molecule has 21 heavy (non-hydrogen) atoms. The lowest BCUT2D eigenvalue weighted by Gasteiger charge is -2.27. The Morgan fingerprint density at radius 1 is 1.52 bits per heavy atom. The first-order valence-corrected chi connectivity index (χ1v) is 7.74.